The lowest BCUT2D eigenvalue weighted by Gasteiger charge is -2.13. The Morgan fingerprint density at radius 3 is 1.27 bits per heavy atom. The zero-order valence-electron chi connectivity index (χ0n) is 17.4. The third-order valence-electron chi connectivity index (χ3n) is 5.48. The third-order valence-corrected chi connectivity index (χ3v) is 5.48. The van der Waals surface area contributed by atoms with E-state index >= 15 is 0 Å². The number of benzene rings is 4. The first-order valence-corrected chi connectivity index (χ1v) is 10.8. The van der Waals surface area contributed by atoms with Gasteiger partial charge in [0.2, 0.25) is 0 Å². The van der Waals surface area contributed by atoms with Crippen molar-refractivity contribution >= 4 is 5.69 Å². The lowest BCUT2D eigenvalue weighted by atomic mass is 9.98. The minimum atomic E-state index is 0.848. The zero-order valence-corrected chi connectivity index (χ0v) is 17.4. The van der Waals surface area contributed by atoms with E-state index in [0.717, 1.165) is 32.2 Å². The van der Waals surface area contributed by atoms with Gasteiger partial charge in [-0.25, -0.2) is 0 Å². The van der Waals surface area contributed by atoms with Gasteiger partial charge in [-0.3, -0.25) is 0 Å². The topological polar surface area (TPSA) is 12.0 Å². The van der Waals surface area contributed by atoms with E-state index in [1.807, 2.05) is 0 Å². The highest BCUT2D eigenvalue weighted by molar-refractivity contribution is 5.50. The van der Waals surface area contributed by atoms with Crippen molar-refractivity contribution in [2.45, 2.75) is 32.2 Å². The van der Waals surface area contributed by atoms with Crippen LogP contribution in [0, 0.1) is 0 Å². The van der Waals surface area contributed by atoms with Gasteiger partial charge in [0.05, 0.1) is 0 Å². The lowest BCUT2D eigenvalue weighted by molar-refractivity contribution is 0.929. The summed E-state index contributed by atoms with van der Waals surface area (Å²) >= 11 is 0. The van der Waals surface area contributed by atoms with Crippen molar-refractivity contribution in [2.24, 2.45) is 0 Å². The predicted molar refractivity (Wildman–Crippen MR) is 128 cm³/mol. The van der Waals surface area contributed by atoms with Gasteiger partial charge in [-0.05, 0) is 65.6 Å². The molecular weight excluding hydrogens is 362 g/mol. The Bertz CT molecular complexity index is 875. The Balaban J connectivity index is 1.48. The monoisotopic (exact) mass is 391 g/mol. The van der Waals surface area contributed by atoms with E-state index in [1.165, 1.54) is 33.5 Å². The molecule has 4 aromatic rings. The van der Waals surface area contributed by atoms with Crippen LogP contribution in [-0.2, 0) is 32.2 Å². The van der Waals surface area contributed by atoms with Crippen LogP contribution in [0.4, 0.5) is 5.69 Å². The molecule has 0 aliphatic rings. The Morgan fingerprint density at radius 1 is 0.400 bits per heavy atom. The van der Waals surface area contributed by atoms with Gasteiger partial charge in [0.1, 0.15) is 0 Å². The van der Waals surface area contributed by atoms with Crippen LogP contribution in [0.25, 0.3) is 0 Å². The summed E-state index contributed by atoms with van der Waals surface area (Å²) in [5.74, 6) is 0. The van der Waals surface area contributed by atoms with Crippen molar-refractivity contribution in [1.29, 1.82) is 0 Å². The molecule has 0 heterocycles. The number of nitrogens with one attached hydrogen (secondary N) is 1. The van der Waals surface area contributed by atoms with Crippen LogP contribution in [0.5, 0.6) is 0 Å². The number of hydrogen-bond donors (Lipinski definition) is 1. The standard InChI is InChI=1S/C29H29N/c1-4-10-24(11-5-1)16-18-27-20-28(19-17-25-12-6-2-7-13-25)22-29(21-27)30-23-26-14-8-3-9-15-26/h1-15,20-22,30H,16-19,23H2. The van der Waals surface area contributed by atoms with Gasteiger partial charge in [-0.2, -0.15) is 0 Å². The summed E-state index contributed by atoms with van der Waals surface area (Å²) in [7, 11) is 0. The van der Waals surface area contributed by atoms with Crippen LogP contribution in [-0.4, -0.2) is 0 Å². The zero-order chi connectivity index (χ0) is 20.4. The highest BCUT2D eigenvalue weighted by Gasteiger charge is 2.04. The number of hydrogen-bond acceptors (Lipinski definition) is 1. The molecule has 0 amide bonds. The molecule has 0 atom stereocenters. The summed E-state index contributed by atoms with van der Waals surface area (Å²) in [4.78, 5) is 0. The second-order valence-electron chi connectivity index (χ2n) is 7.85. The van der Waals surface area contributed by atoms with Crippen molar-refractivity contribution in [3.63, 3.8) is 0 Å². The lowest BCUT2D eigenvalue weighted by Crippen LogP contribution is -2.02. The molecule has 1 heteroatoms. The van der Waals surface area contributed by atoms with E-state index in [4.69, 9.17) is 0 Å². The summed E-state index contributed by atoms with van der Waals surface area (Å²) in [6, 6.07) is 39.1. The fourth-order valence-electron chi connectivity index (χ4n) is 3.82. The Labute approximate surface area is 180 Å². The van der Waals surface area contributed by atoms with Crippen LogP contribution in [0.1, 0.15) is 27.8 Å². The van der Waals surface area contributed by atoms with Gasteiger partial charge in [0.15, 0.2) is 0 Å². The molecule has 0 saturated carbocycles. The molecule has 1 nitrogen and oxygen atoms in total. The molecule has 0 saturated heterocycles. The summed E-state index contributed by atoms with van der Waals surface area (Å²) in [5.41, 5.74) is 8.11. The van der Waals surface area contributed by atoms with E-state index in [-0.39, 0.29) is 0 Å². The van der Waals surface area contributed by atoms with Crippen molar-refractivity contribution in [3.05, 3.63) is 137 Å². The first kappa shape index (κ1) is 20.0. The van der Waals surface area contributed by atoms with Crippen LogP contribution < -0.4 is 5.32 Å². The van der Waals surface area contributed by atoms with E-state index in [2.05, 4.69) is 115 Å². The Hall–Kier alpha value is -3.32. The minimum absolute atomic E-state index is 0.848. The van der Waals surface area contributed by atoms with Crippen molar-refractivity contribution in [1.82, 2.24) is 0 Å². The smallest absolute Gasteiger partial charge is 0.0400 e. The van der Waals surface area contributed by atoms with E-state index in [9.17, 15) is 0 Å². The van der Waals surface area contributed by atoms with E-state index in [0.29, 0.717) is 0 Å². The molecule has 0 aromatic heterocycles. The number of anilines is 1. The molecule has 0 bridgehead atoms. The molecule has 30 heavy (non-hydrogen) atoms. The molecule has 0 radical (unpaired) electrons. The molecular formula is C29H29N. The average Bonchev–Trinajstić information content (AvgIpc) is 2.82. The van der Waals surface area contributed by atoms with E-state index < -0.39 is 0 Å². The van der Waals surface area contributed by atoms with Crippen LogP contribution >= 0.6 is 0 Å². The molecule has 0 spiro atoms. The van der Waals surface area contributed by atoms with E-state index in [1.54, 1.807) is 0 Å². The largest absolute Gasteiger partial charge is 0.381 e. The molecule has 0 unspecified atom stereocenters. The van der Waals surface area contributed by atoms with Crippen LogP contribution in [0.3, 0.4) is 0 Å². The maximum absolute atomic E-state index is 3.64. The number of rotatable bonds is 9. The van der Waals surface area contributed by atoms with Crippen molar-refractivity contribution in [3.8, 4) is 0 Å². The maximum atomic E-state index is 3.64. The second-order valence-corrected chi connectivity index (χ2v) is 7.85. The highest BCUT2D eigenvalue weighted by atomic mass is 14.9. The fraction of sp³-hybridized carbons (Fsp3) is 0.172. The average molecular weight is 392 g/mol. The predicted octanol–water partition coefficient (Wildman–Crippen LogP) is 6.87. The van der Waals surface area contributed by atoms with Crippen molar-refractivity contribution in [2.75, 3.05) is 5.32 Å². The molecule has 0 aliphatic carbocycles. The first-order chi connectivity index (χ1) is 14.8. The van der Waals surface area contributed by atoms with Gasteiger partial charge < -0.3 is 5.32 Å². The molecule has 1 N–H and O–H groups in total. The van der Waals surface area contributed by atoms with Crippen LogP contribution in [0.15, 0.2) is 109 Å². The molecule has 150 valence electrons. The normalized spacial score (nSPS) is 10.7. The molecule has 4 rings (SSSR count). The third kappa shape index (κ3) is 6.09. The summed E-state index contributed by atoms with van der Waals surface area (Å²) in [6.07, 6.45) is 4.26. The fourth-order valence-corrected chi connectivity index (χ4v) is 3.82. The SMILES string of the molecule is c1ccc(CCc2cc(CCc3ccccc3)cc(NCc3ccccc3)c2)cc1. The Kier molecular flexibility index (Phi) is 6.96. The van der Waals surface area contributed by atoms with Crippen molar-refractivity contribution < 1.29 is 0 Å². The van der Waals surface area contributed by atoms with Gasteiger partial charge in [0, 0.05) is 12.2 Å². The van der Waals surface area contributed by atoms with Crippen LogP contribution in [0.2, 0.25) is 0 Å². The summed E-state index contributed by atoms with van der Waals surface area (Å²) in [5, 5.41) is 3.64. The van der Waals surface area contributed by atoms with Gasteiger partial charge >= 0.3 is 0 Å². The Morgan fingerprint density at radius 2 is 0.800 bits per heavy atom. The summed E-state index contributed by atoms with van der Waals surface area (Å²) in [6.45, 7) is 0.848. The first-order valence-electron chi connectivity index (χ1n) is 10.8. The summed E-state index contributed by atoms with van der Waals surface area (Å²) < 4.78 is 0. The van der Waals surface area contributed by atoms with Gasteiger partial charge in [-0.15, -0.1) is 0 Å². The maximum Gasteiger partial charge on any atom is 0.0400 e. The highest BCUT2D eigenvalue weighted by Crippen LogP contribution is 2.20. The van der Waals surface area contributed by atoms with Gasteiger partial charge in [-0.1, -0.05) is 97.1 Å². The van der Waals surface area contributed by atoms with Gasteiger partial charge in [0.25, 0.3) is 0 Å². The quantitative estimate of drug-likeness (QED) is 0.328. The number of aryl methyl sites for hydroxylation is 4. The molecule has 0 fully saturated rings. The second kappa shape index (κ2) is 10.5. The minimum Gasteiger partial charge on any atom is -0.381 e. The molecule has 4 aromatic carbocycles. The molecule has 0 aliphatic heterocycles.